The summed E-state index contributed by atoms with van der Waals surface area (Å²) >= 11 is 0. The number of ether oxygens (including phenoxy) is 2. The predicted octanol–water partition coefficient (Wildman–Crippen LogP) is 1.18. The van der Waals surface area contributed by atoms with Gasteiger partial charge in [0.15, 0.2) is 0 Å². The SMILES string of the molecule is C=CC[C@H](N)C(=O)N1C[C@H](OC(=O)N2Cc3ccccc3C2)C[C@H]1C(=O)OC. The van der Waals surface area contributed by atoms with Crippen LogP contribution in [0.5, 0.6) is 0 Å². The Bertz CT molecular complexity index is 756. The van der Waals surface area contributed by atoms with E-state index in [1.807, 2.05) is 24.3 Å². The standard InChI is InChI=1S/C20H25N3O5/c1-3-6-16(21)18(24)23-12-15(9-17(23)19(25)27-2)28-20(26)22-10-13-7-4-5-8-14(13)11-22/h3-5,7-8,15-17H,1,6,9-12,21H2,2H3/t15-,16+,17+/m1/s1. The zero-order chi connectivity index (χ0) is 20.3. The highest BCUT2D eigenvalue weighted by Gasteiger charge is 2.43. The molecular formula is C20H25N3O5. The third-order valence-corrected chi connectivity index (χ3v) is 5.12. The minimum absolute atomic E-state index is 0.107. The van der Waals surface area contributed by atoms with Crippen molar-refractivity contribution in [3.05, 3.63) is 48.0 Å². The Balaban J connectivity index is 1.64. The lowest BCUT2D eigenvalue weighted by molar-refractivity contribution is -0.151. The van der Waals surface area contributed by atoms with Crippen LogP contribution in [0.25, 0.3) is 0 Å². The van der Waals surface area contributed by atoms with Crippen molar-refractivity contribution < 1.29 is 23.9 Å². The van der Waals surface area contributed by atoms with Gasteiger partial charge in [0.25, 0.3) is 0 Å². The molecule has 2 aliphatic rings. The number of amides is 2. The van der Waals surface area contributed by atoms with Crippen molar-refractivity contribution in [2.75, 3.05) is 13.7 Å². The molecule has 0 aliphatic carbocycles. The maximum absolute atomic E-state index is 12.6. The molecule has 3 atom stereocenters. The van der Waals surface area contributed by atoms with E-state index in [9.17, 15) is 14.4 Å². The van der Waals surface area contributed by atoms with E-state index in [1.165, 1.54) is 12.0 Å². The van der Waals surface area contributed by atoms with E-state index in [0.29, 0.717) is 19.5 Å². The first-order chi connectivity index (χ1) is 13.4. The number of rotatable bonds is 5. The number of hydrogen-bond donors (Lipinski definition) is 1. The van der Waals surface area contributed by atoms with E-state index >= 15 is 0 Å². The largest absolute Gasteiger partial charge is 0.467 e. The highest BCUT2D eigenvalue weighted by Crippen LogP contribution is 2.26. The molecule has 2 aliphatic heterocycles. The molecule has 0 unspecified atom stereocenters. The van der Waals surface area contributed by atoms with Crippen molar-refractivity contribution in [2.45, 2.75) is 44.1 Å². The van der Waals surface area contributed by atoms with Gasteiger partial charge in [0.1, 0.15) is 12.1 Å². The third-order valence-electron chi connectivity index (χ3n) is 5.12. The second kappa shape index (κ2) is 8.43. The molecule has 8 heteroatoms. The monoisotopic (exact) mass is 387 g/mol. The first-order valence-corrected chi connectivity index (χ1v) is 9.21. The van der Waals surface area contributed by atoms with Crippen molar-refractivity contribution in [1.82, 2.24) is 9.80 Å². The number of methoxy groups -OCH3 is 1. The quantitative estimate of drug-likeness (QED) is 0.601. The van der Waals surface area contributed by atoms with Gasteiger partial charge in [-0.1, -0.05) is 30.3 Å². The highest BCUT2D eigenvalue weighted by molar-refractivity contribution is 5.88. The van der Waals surface area contributed by atoms with Crippen LogP contribution >= 0.6 is 0 Å². The predicted molar refractivity (Wildman–Crippen MR) is 101 cm³/mol. The Hall–Kier alpha value is -2.87. The second-order valence-corrected chi connectivity index (χ2v) is 7.03. The number of likely N-dealkylation sites (tertiary alicyclic amines) is 1. The zero-order valence-electron chi connectivity index (χ0n) is 15.9. The first kappa shape index (κ1) is 19.9. The molecule has 1 aromatic carbocycles. The minimum atomic E-state index is -0.818. The topological polar surface area (TPSA) is 102 Å². The lowest BCUT2D eigenvalue weighted by Crippen LogP contribution is -2.48. The van der Waals surface area contributed by atoms with E-state index in [0.717, 1.165) is 11.1 Å². The van der Waals surface area contributed by atoms with Gasteiger partial charge < -0.3 is 20.1 Å². The number of fused-ring (bicyclic) bond motifs is 1. The fourth-order valence-electron chi connectivity index (χ4n) is 3.66. The Labute approximate surface area is 163 Å². The molecule has 150 valence electrons. The van der Waals surface area contributed by atoms with Crippen molar-refractivity contribution in [1.29, 1.82) is 0 Å². The van der Waals surface area contributed by atoms with E-state index < -0.39 is 30.3 Å². The molecule has 1 saturated heterocycles. The van der Waals surface area contributed by atoms with E-state index in [4.69, 9.17) is 15.2 Å². The number of nitrogens with zero attached hydrogens (tertiary/aromatic N) is 2. The van der Waals surface area contributed by atoms with Crippen LogP contribution in [0.4, 0.5) is 4.79 Å². The summed E-state index contributed by atoms with van der Waals surface area (Å²) in [4.78, 5) is 40.2. The number of carbonyl (C=O) groups excluding carboxylic acids is 3. The lowest BCUT2D eigenvalue weighted by atomic mass is 10.1. The Kier molecular flexibility index (Phi) is 5.99. The van der Waals surface area contributed by atoms with Crippen molar-refractivity contribution in [2.24, 2.45) is 5.73 Å². The number of esters is 1. The van der Waals surface area contributed by atoms with Crippen LogP contribution in [-0.2, 0) is 32.2 Å². The smallest absolute Gasteiger partial charge is 0.410 e. The fourth-order valence-corrected chi connectivity index (χ4v) is 3.66. The Morgan fingerprint density at radius 3 is 2.50 bits per heavy atom. The molecule has 0 aromatic heterocycles. The zero-order valence-corrected chi connectivity index (χ0v) is 15.9. The first-order valence-electron chi connectivity index (χ1n) is 9.21. The molecule has 2 amide bonds. The van der Waals surface area contributed by atoms with Crippen molar-refractivity contribution in [3.63, 3.8) is 0 Å². The lowest BCUT2D eigenvalue weighted by Gasteiger charge is -2.25. The van der Waals surface area contributed by atoms with E-state index in [2.05, 4.69) is 6.58 Å². The molecule has 0 bridgehead atoms. The van der Waals surface area contributed by atoms with Crippen LogP contribution < -0.4 is 5.73 Å². The van der Waals surface area contributed by atoms with Gasteiger partial charge in [0.2, 0.25) is 5.91 Å². The van der Waals surface area contributed by atoms with E-state index in [-0.39, 0.29) is 18.9 Å². The maximum Gasteiger partial charge on any atom is 0.410 e. The summed E-state index contributed by atoms with van der Waals surface area (Å²) in [6.45, 7) is 4.65. The Morgan fingerprint density at radius 1 is 1.29 bits per heavy atom. The van der Waals surface area contributed by atoms with Crippen LogP contribution in [0.15, 0.2) is 36.9 Å². The van der Waals surface area contributed by atoms with Crippen LogP contribution in [0.1, 0.15) is 24.0 Å². The molecule has 8 nitrogen and oxygen atoms in total. The summed E-state index contributed by atoms with van der Waals surface area (Å²) < 4.78 is 10.4. The van der Waals surface area contributed by atoms with Crippen molar-refractivity contribution >= 4 is 18.0 Å². The molecule has 1 aromatic rings. The molecule has 2 N–H and O–H groups in total. The summed E-state index contributed by atoms with van der Waals surface area (Å²) in [5, 5.41) is 0. The van der Waals surface area contributed by atoms with Crippen LogP contribution in [0.2, 0.25) is 0 Å². The van der Waals surface area contributed by atoms with Gasteiger partial charge in [-0.3, -0.25) is 9.69 Å². The van der Waals surface area contributed by atoms with Gasteiger partial charge in [-0.25, -0.2) is 9.59 Å². The molecule has 2 heterocycles. The number of carbonyl (C=O) groups is 3. The van der Waals surface area contributed by atoms with Gasteiger partial charge in [0, 0.05) is 19.5 Å². The number of nitrogens with two attached hydrogens (primary N) is 1. The average molecular weight is 387 g/mol. The number of benzene rings is 1. The molecule has 0 radical (unpaired) electrons. The maximum atomic E-state index is 12.6. The molecule has 1 fully saturated rings. The van der Waals surface area contributed by atoms with Crippen LogP contribution in [-0.4, -0.2) is 59.6 Å². The molecule has 0 saturated carbocycles. The molecule has 3 rings (SSSR count). The fraction of sp³-hybridized carbons (Fsp3) is 0.450. The molecule has 28 heavy (non-hydrogen) atoms. The summed E-state index contributed by atoms with van der Waals surface area (Å²) in [5.74, 6) is -0.936. The van der Waals surface area contributed by atoms with Gasteiger partial charge in [-0.05, 0) is 17.5 Å². The summed E-state index contributed by atoms with van der Waals surface area (Å²) in [5.41, 5.74) is 8.05. The third kappa shape index (κ3) is 4.01. The Morgan fingerprint density at radius 2 is 1.93 bits per heavy atom. The second-order valence-electron chi connectivity index (χ2n) is 7.03. The van der Waals surface area contributed by atoms with Gasteiger partial charge >= 0.3 is 12.1 Å². The van der Waals surface area contributed by atoms with Crippen molar-refractivity contribution in [3.8, 4) is 0 Å². The number of hydrogen-bond acceptors (Lipinski definition) is 6. The molecule has 0 spiro atoms. The van der Waals surface area contributed by atoms with Gasteiger partial charge in [-0.15, -0.1) is 6.58 Å². The normalized spacial score (nSPS) is 21.8. The molecular weight excluding hydrogens is 362 g/mol. The van der Waals surface area contributed by atoms with Gasteiger partial charge in [-0.2, -0.15) is 0 Å². The van der Waals surface area contributed by atoms with Crippen LogP contribution in [0.3, 0.4) is 0 Å². The summed E-state index contributed by atoms with van der Waals surface area (Å²) in [7, 11) is 1.26. The van der Waals surface area contributed by atoms with E-state index in [1.54, 1.807) is 11.0 Å². The van der Waals surface area contributed by atoms with Crippen LogP contribution in [0, 0.1) is 0 Å². The summed E-state index contributed by atoms with van der Waals surface area (Å²) in [6.07, 6.45) is 0.967. The highest BCUT2D eigenvalue weighted by atomic mass is 16.6. The van der Waals surface area contributed by atoms with Gasteiger partial charge in [0.05, 0.1) is 19.7 Å². The summed E-state index contributed by atoms with van der Waals surface area (Å²) in [6, 6.07) is 6.21. The average Bonchev–Trinajstić information content (AvgIpc) is 3.31. The minimum Gasteiger partial charge on any atom is -0.467 e.